The lowest BCUT2D eigenvalue weighted by Crippen LogP contribution is -1.83. The summed E-state index contributed by atoms with van der Waals surface area (Å²) >= 11 is 0. The third kappa shape index (κ3) is 2.67. The molecule has 0 amide bonds. The summed E-state index contributed by atoms with van der Waals surface area (Å²) in [7, 11) is 1.89. The van der Waals surface area contributed by atoms with Gasteiger partial charge in [0.05, 0.1) is 5.52 Å². The first-order chi connectivity index (χ1) is 7.86. The second-order valence-electron chi connectivity index (χ2n) is 3.38. The van der Waals surface area contributed by atoms with Crippen molar-refractivity contribution in [3.05, 3.63) is 61.1 Å². The van der Waals surface area contributed by atoms with Gasteiger partial charge in [-0.15, -0.1) is 0 Å². The van der Waals surface area contributed by atoms with Crippen LogP contribution in [0.1, 0.15) is 0 Å². The van der Waals surface area contributed by atoms with E-state index in [1.165, 1.54) is 5.39 Å². The average molecular weight is 211 g/mol. The SMILES string of the molecule is Cn1cccn1.c1ccc2ncccc2c1. The Labute approximate surface area is 94.4 Å². The standard InChI is InChI=1S/C9H7N.C4H6N2/c1-2-6-9-8(4-1)5-3-7-10-9;1-6-4-2-3-5-6/h1-7H;2-4H,1H3. The molecule has 0 saturated carbocycles. The van der Waals surface area contributed by atoms with Gasteiger partial charge >= 0.3 is 0 Å². The summed E-state index contributed by atoms with van der Waals surface area (Å²) in [6.07, 6.45) is 5.45. The molecule has 3 rings (SSSR count). The predicted octanol–water partition coefficient (Wildman–Crippen LogP) is 2.65. The molecule has 0 bridgehead atoms. The van der Waals surface area contributed by atoms with Gasteiger partial charge in [-0.3, -0.25) is 9.67 Å². The third-order valence-electron chi connectivity index (χ3n) is 2.15. The Kier molecular flexibility index (Phi) is 3.28. The minimum absolute atomic E-state index is 1.06. The number of para-hydroxylation sites is 1. The topological polar surface area (TPSA) is 30.7 Å². The van der Waals surface area contributed by atoms with Gasteiger partial charge in [0.2, 0.25) is 0 Å². The third-order valence-corrected chi connectivity index (χ3v) is 2.15. The molecule has 16 heavy (non-hydrogen) atoms. The van der Waals surface area contributed by atoms with Gasteiger partial charge in [-0.2, -0.15) is 5.10 Å². The molecule has 0 aliphatic heterocycles. The molecule has 3 aromatic rings. The molecule has 3 nitrogen and oxygen atoms in total. The fourth-order valence-electron chi connectivity index (χ4n) is 1.36. The zero-order valence-corrected chi connectivity index (χ0v) is 9.12. The van der Waals surface area contributed by atoms with E-state index in [0.29, 0.717) is 0 Å². The highest BCUT2D eigenvalue weighted by Crippen LogP contribution is 2.07. The first-order valence-corrected chi connectivity index (χ1v) is 5.09. The number of benzene rings is 1. The molecule has 0 radical (unpaired) electrons. The van der Waals surface area contributed by atoms with E-state index in [-0.39, 0.29) is 0 Å². The molecular formula is C13H13N3. The Bertz CT molecular complexity index is 478. The van der Waals surface area contributed by atoms with Crippen LogP contribution in [0, 0.1) is 0 Å². The lowest BCUT2D eigenvalue weighted by molar-refractivity contribution is 0.768. The van der Waals surface area contributed by atoms with E-state index < -0.39 is 0 Å². The molecule has 2 aromatic heterocycles. The van der Waals surface area contributed by atoms with Gasteiger partial charge in [-0.1, -0.05) is 24.3 Å². The second kappa shape index (κ2) is 5.07. The maximum absolute atomic E-state index is 4.18. The van der Waals surface area contributed by atoms with E-state index in [2.05, 4.69) is 22.2 Å². The van der Waals surface area contributed by atoms with Crippen LogP contribution in [0.15, 0.2) is 61.1 Å². The summed E-state index contributed by atoms with van der Waals surface area (Å²) in [4.78, 5) is 4.18. The summed E-state index contributed by atoms with van der Waals surface area (Å²) in [6, 6.07) is 14.0. The van der Waals surface area contributed by atoms with Gasteiger partial charge in [0, 0.05) is 31.0 Å². The normalized spacial score (nSPS) is 9.56. The molecule has 80 valence electrons. The van der Waals surface area contributed by atoms with Crippen molar-refractivity contribution in [2.24, 2.45) is 7.05 Å². The van der Waals surface area contributed by atoms with Crippen LogP contribution in [0.4, 0.5) is 0 Å². The highest BCUT2D eigenvalue weighted by molar-refractivity contribution is 5.77. The van der Waals surface area contributed by atoms with Crippen molar-refractivity contribution in [3.63, 3.8) is 0 Å². The fourth-order valence-corrected chi connectivity index (χ4v) is 1.36. The van der Waals surface area contributed by atoms with Gasteiger partial charge in [-0.05, 0) is 18.2 Å². The quantitative estimate of drug-likeness (QED) is 0.572. The number of rotatable bonds is 0. The van der Waals surface area contributed by atoms with E-state index in [9.17, 15) is 0 Å². The maximum Gasteiger partial charge on any atom is 0.0701 e. The molecule has 1 aromatic carbocycles. The first kappa shape index (κ1) is 10.4. The molecule has 0 unspecified atom stereocenters. The molecule has 0 aliphatic carbocycles. The van der Waals surface area contributed by atoms with Crippen LogP contribution < -0.4 is 0 Å². The molecule has 0 atom stereocenters. The van der Waals surface area contributed by atoms with E-state index in [1.54, 1.807) is 10.9 Å². The molecule has 0 spiro atoms. The summed E-state index contributed by atoms with van der Waals surface area (Å²) in [5, 5.41) is 5.03. The summed E-state index contributed by atoms with van der Waals surface area (Å²) in [6.45, 7) is 0. The number of aromatic nitrogens is 3. The Morgan fingerprint density at radius 1 is 0.938 bits per heavy atom. The maximum atomic E-state index is 4.18. The molecule has 0 fully saturated rings. The molecule has 0 N–H and O–H groups in total. The smallest absolute Gasteiger partial charge is 0.0701 e. The number of aryl methyl sites for hydroxylation is 1. The zero-order chi connectivity index (χ0) is 11.2. The molecule has 3 heteroatoms. The van der Waals surface area contributed by atoms with E-state index in [0.717, 1.165) is 5.52 Å². The van der Waals surface area contributed by atoms with Crippen LogP contribution in [0.5, 0.6) is 0 Å². The van der Waals surface area contributed by atoms with E-state index in [4.69, 9.17) is 0 Å². The number of hydrogen-bond acceptors (Lipinski definition) is 2. The lowest BCUT2D eigenvalue weighted by atomic mass is 10.2. The van der Waals surface area contributed by atoms with E-state index >= 15 is 0 Å². The first-order valence-electron chi connectivity index (χ1n) is 5.09. The highest BCUT2D eigenvalue weighted by Gasteiger charge is 1.86. The van der Waals surface area contributed by atoms with Crippen molar-refractivity contribution in [3.8, 4) is 0 Å². The molecule has 0 saturated heterocycles. The minimum atomic E-state index is 1.06. The highest BCUT2D eigenvalue weighted by atomic mass is 15.2. The van der Waals surface area contributed by atoms with Crippen LogP contribution in [0.25, 0.3) is 10.9 Å². The van der Waals surface area contributed by atoms with Crippen molar-refractivity contribution in [1.82, 2.24) is 14.8 Å². The summed E-state index contributed by atoms with van der Waals surface area (Å²) < 4.78 is 1.75. The van der Waals surface area contributed by atoms with Gasteiger partial charge in [-0.25, -0.2) is 0 Å². The van der Waals surface area contributed by atoms with Gasteiger partial charge < -0.3 is 0 Å². The summed E-state index contributed by atoms with van der Waals surface area (Å²) in [5.74, 6) is 0. The monoisotopic (exact) mass is 211 g/mol. The van der Waals surface area contributed by atoms with Crippen molar-refractivity contribution < 1.29 is 0 Å². The Hall–Kier alpha value is -2.16. The lowest BCUT2D eigenvalue weighted by Gasteiger charge is -1.91. The van der Waals surface area contributed by atoms with Crippen LogP contribution in [-0.4, -0.2) is 14.8 Å². The zero-order valence-electron chi connectivity index (χ0n) is 9.12. The number of hydrogen-bond donors (Lipinski definition) is 0. The largest absolute Gasteiger partial charge is 0.276 e. The van der Waals surface area contributed by atoms with Crippen molar-refractivity contribution in [2.45, 2.75) is 0 Å². The number of fused-ring (bicyclic) bond motifs is 1. The second-order valence-corrected chi connectivity index (χ2v) is 3.38. The fraction of sp³-hybridized carbons (Fsp3) is 0.0769. The van der Waals surface area contributed by atoms with Crippen LogP contribution in [0.2, 0.25) is 0 Å². The van der Waals surface area contributed by atoms with Gasteiger partial charge in [0.1, 0.15) is 0 Å². The Morgan fingerprint density at radius 2 is 1.75 bits per heavy atom. The van der Waals surface area contributed by atoms with Crippen LogP contribution >= 0.6 is 0 Å². The molecule has 2 heterocycles. The van der Waals surface area contributed by atoms with Crippen molar-refractivity contribution in [1.29, 1.82) is 0 Å². The van der Waals surface area contributed by atoms with E-state index in [1.807, 2.05) is 49.8 Å². The van der Waals surface area contributed by atoms with Crippen LogP contribution in [-0.2, 0) is 7.05 Å². The van der Waals surface area contributed by atoms with Crippen LogP contribution in [0.3, 0.4) is 0 Å². The Balaban J connectivity index is 0.000000138. The minimum Gasteiger partial charge on any atom is -0.276 e. The van der Waals surface area contributed by atoms with Gasteiger partial charge in [0.15, 0.2) is 0 Å². The summed E-state index contributed by atoms with van der Waals surface area (Å²) in [5.41, 5.74) is 1.06. The van der Waals surface area contributed by atoms with Crippen molar-refractivity contribution >= 4 is 10.9 Å². The number of pyridine rings is 1. The van der Waals surface area contributed by atoms with Gasteiger partial charge in [0.25, 0.3) is 0 Å². The average Bonchev–Trinajstić information content (AvgIpc) is 2.81. The molecular weight excluding hydrogens is 198 g/mol. The number of nitrogens with zero attached hydrogens (tertiary/aromatic N) is 3. The molecule has 0 aliphatic rings. The Morgan fingerprint density at radius 3 is 2.38 bits per heavy atom. The van der Waals surface area contributed by atoms with Crippen molar-refractivity contribution in [2.75, 3.05) is 0 Å². The predicted molar refractivity (Wildman–Crippen MR) is 65.0 cm³/mol.